The lowest BCUT2D eigenvalue weighted by Gasteiger charge is -2.54. The smallest absolute Gasteiger partial charge is 0.225 e. The quantitative estimate of drug-likeness (QED) is 0.283. The van der Waals surface area contributed by atoms with E-state index in [1.54, 1.807) is 39.8 Å². The lowest BCUT2D eigenvalue weighted by Crippen LogP contribution is -2.70. The fourth-order valence-corrected chi connectivity index (χ4v) is 8.36. The maximum Gasteiger partial charge on any atom is 0.225 e. The standard InChI is InChI=1S/C36H68N4O10/c1-21-17-34(6,44)31(50-33-29(42)26(39(10)11)16-22(2)47-33)23(3)30(24(4)32(43)37-15-14-27(41)40(12)19-21)49-28-18-35(7,46-13)36(45,20-38(8)9)25(5)48-28/h21-26,28-31,33,42,44-45H,14-20H2,1-13H3,(H,37,43)/t21-,22-,23+,24-,25+,26+,28+,29-,30+,31-,33+,34-,35-,36?/m1/s1. The van der Waals surface area contributed by atoms with Crippen LogP contribution in [0.25, 0.3) is 0 Å². The number of nitrogens with one attached hydrogen (secondary N) is 1. The van der Waals surface area contributed by atoms with Gasteiger partial charge in [-0.15, -0.1) is 0 Å². The molecule has 1 unspecified atom stereocenters. The van der Waals surface area contributed by atoms with Gasteiger partial charge in [-0.05, 0) is 74.6 Å². The summed E-state index contributed by atoms with van der Waals surface area (Å²) in [6, 6.07) is -0.248. The number of carbonyl (C=O) groups is 2. The number of nitrogens with zero attached hydrogens (tertiary/aromatic N) is 3. The number of aliphatic hydroxyl groups is 3. The van der Waals surface area contributed by atoms with Crippen molar-refractivity contribution < 1.29 is 48.6 Å². The Balaban J connectivity index is 2.08. The summed E-state index contributed by atoms with van der Waals surface area (Å²) in [4.78, 5) is 32.1. The number of hydrogen-bond donors (Lipinski definition) is 4. The van der Waals surface area contributed by atoms with Gasteiger partial charge in [0.2, 0.25) is 11.8 Å². The Hall–Kier alpha value is -1.46. The van der Waals surface area contributed by atoms with E-state index in [2.05, 4.69) is 5.32 Å². The average molecular weight is 717 g/mol. The Morgan fingerprint density at radius 3 is 2.22 bits per heavy atom. The van der Waals surface area contributed by atoms with Gasteiger partial charge in [0.25, 0.3) is 0 Å². The molecule has 0 spiro atoms. The molecule has 0 aliphatic carbocycles. The van der Waals surface area contributed by atoms with Crippen molar-refractivity contribution in [2.24, 2.45) is 17.8 Å². The lowest BCUT2D eigenvalue weighted by atomic mass is 9.75. The van der Waals surface area contributed by atoms with Gasteiger partial charge < -0.3 is 59.0 Å². The maximum absolute atomic E-state index is 13.8. The summed E-state index contributed by atoms with van der Waals surface area (Å²) in [5.74, 6) is -2.02. The van der Waals surface area contributed by atoms with Crippen LogP contribution < -0.4 is 5.32 Å². The van der Waals surface area contributed by atoms with Gasteiger partial charge in [0, 0.05) is 58.6 Å². The summed E-state index contributed by atoms with van der Waals surface area (Å²) >= 11 is 0. The second-order valence-corrected chi connectivity index (χ2v) is 16.4. The summed E-state index contributed by atoms with van der Waals surface area (Å²) in [5.41, 5.74) is -3.96. The van der Waals surface area contributed by atoms with Crippen LogP contribution in [0.2, 0.25) is 0 Å². The van der Waals surface area contributed by atoms with Gasteiger partial charge in [0.15, 0.2) is 12.6 Å². The van der Waals surface area contributed by atoms with E-state index in [4.69, 9.17) is 23.7 Å². The van der Waals surface area contributed by atoms with Crippen LogP contribution in [-0.4, -0.2) is 170 Å². The van der Waals surface area contributed by atoms with Crippen molar-refractivity contribution in [1.29, 1.82) is 0 Å². The second-order valence-electron chi connectivity index (χ2n) is 16.4. The van der Waals surface area contributed by atoms with Crippen LogP contribution in [0.5, 0.6) is 0 Å². The third-order valence-electron chi connectivity index (χ3n) is 11.3. The molecule has 0 aromatic heterocycles. The highest BCUT2D eigenvalue weighted by Gasteiger charge is 2.58. The van der Waals surface area contributed by atoms with Crippen molar-refractivity contribution >= 4 is 11.8 Å². The van der Waals surface area contributed by atoms with Crippen molar-refractivity contribution in [3.8, 4) is 0 Å². The molecule has 3 rings (SSSR count). The fraction of sp³-hybridized carbons (Fsp3) is 0.944. The molecule has 292 valence electrons. The fourth-order valence-electron chi connectivity index (χ4n) is 8.36. The van der Waals surface area contributed by atoms with Crippen LogP contribution in [0.15, 0.2) is 0 Å². The third kappa shape index (κ3) is 9.74. The van der Waals surface area contributed by atoms with Gasteiger partial charge in [-0.1, -0.05) is 20.8 Å². The molecule has 14 atom stereocenters. The number of carbonyl (C=O) groups excluding carboxylic acids is 2. The summed E-state index contributed by atoms with van der Waals surface area (Å²) < 4.78 is 32.0. The van der Waals surface area contributed by atoms with E-state index >= 15 is 0 Å². The first-order chi connectivity index (χ1) is 23.1. The number of ether oxygens (including phenoxy) is 5. The molecule has 50 heavy (non-hydrogen) atoms. The van der Waals surface area contributed by atoms with Gasteiger partial charge >= 0.3 is 0 Å². The first kappa shape index (κ1) is 42.9. The zero-order chi connectivity index (χ0) is 37.9. The molecule has 14 heteroatoms. The Morgan fingerprint density at radius 1 is 1.00 bits per heavy atom. The monoisotopic (exact) mass is 716 g/mol. The molecule has 3 aliphatic rings. The predicted molar refractivity (Wildman–Crippen MR) is 188 cm³/mol. The van der Waals surface area contributed by atoms with Gasteiger partial charge in [-0.3, -0.25) is 9.59 Å². The Bertz CT molecular complexity index is 1130. The molecule has 0 radical (unpaired) electrons. The predicted octanol–water partition coefficient (Wildman–Crippen LogP) is 1.04. The number of aliphatic hydroxyl groups excluding tert-OH is 1. The van der Waals surface area contributed by atoms with E-state index < -0.39 is 65.6 Å². The molecule has 0 saturated carbocycles. The minimum absolute atomic E-state index is 0.119. The van der Waals surface area contributed by atoms with Crippen LogP contribution in [0.3, 0.4) is 0 Å². The normalized spacial score (nSPS) is 44.7. The molecular formula is C36H68N4O10. The van der Waals surface area contributed by atoms with E-state index in [1.807, 2.05) is 65.7 Å². The van der Waals surface area contributed by atoms with Crippen LogP contribution in [0.1, 0.15) is 74.1 Å². The van der Waals surface area contributed by atoms with E-state index in [0.29, 0.717) is 13.0 Å². The lowest BCUT2D eigenvalue weighted by molar-refractivity contribution is -0.338. The van der Waals surface area contributed by atoms with Crippen LogP contribution in [0, 0.1) is 17.8 Å². The van der Waals surface area contributed by atoms with Gasteiger partial charge in [-0.2, -0.15) is 0 Å². The molecule has 3 aliphatic heterocycles. The van der Waals surface area contributed by atoms with Gasteiger partial charge in [0.05, 0.1) is 35.9 Å². The van der Waals surface area contributed by atoms with Gasteiger partial charge in [0.1, 0.15) is 17.3 Å². The number of amides is 2. The first-order valence-corrected chi connectivity index (χ1v) is 18.2. The highest BCUT2D eigenvalue weighted by Crippen LogP contribution is 2.43. The minimum atomic E-state index is -1.52. The summed E-state index contributed by atoms with van der Waals surface area (Å²) in [7, 11) is 10.8. The topological polar surface area (TPSA) is 163 Å². The second kappa shape index (κ2) is 17.1. The van der Waals surface area contributed by atoms with Crippen molar-refractivity contribution in [3.05, 3.63) is 0 Å². The molecule has 3 fully saturated rings. The summed E-state index contributed by atoms with van der Waals surface area (Å²) in [6.07, 6.45) is -4.67. The van der Waals surface area contributed by atoms with E-state index in [9.17, 15) is 24.9 Å². The van der Waals surface area contributed by atoms with E-state index in [-0.39, 0.29) is 62.2 Å². The zero-order valence-electron chi connectivity index (χ0n) is 32.8. The number of rotatable bonds is 8. The third-order valence-corrected chi connectivity index (χ3v) is 11.3. The Morgan fingerprint density at radius 2 is 1.64 bits per heavy atom. The molecule has 3 heterocycles. The van der Waals surface area contributed by atoms with E-state index in [0.717, 1.165) is 0 Å². The Kier molecular flexibility index (Phi) is 14.7. The molecule has 3 saturated heterocycles. The van der Waals surface area contributed by atoms with Crippen molar-refractivity contribution in [2.45, 2.75) is 140 Å². The van der Waals surface area contributed by atoms with Gasteiger partial charge in [-0.25, -0.2) is 0 Å². The highest BCUT2D eigenvalue weighted by atomic mass is 16.7. The summed E-state index contributed by atoms with van der Waals surface area (Å²) in [5, 5.41) is 38.6. The van der Waals surface area contributed by atoms with Crippen LogP contribution in [0.4, 0.5) is 0 Å². The van der Waals surface area contributed by atoms with Crippen molar-refractivity contribution in [1.82, 2.24) is 20.0 Å². The van der Waals surface area contributed by atoms with Crippen molar-refractivity contribution in [3.63, 3.8) is 0 Å². The zero-order valence-corrected chi connectivity index (χ0v) is 32.8. The SMILES string of the molecule is CO[C@]1(C)C[C@H](O[C@H]2[C@H](C)[C@@H](O[C@@H]3O[C@H](C)C[C@H](N(C)C)[C@H]3O)[C@](C)(O)C[C@@H](C)CN(C)C(=O)CCNC(=O)[C@@H]2C)O[C@@H](C)C1(O)CN(C)C. The number of likely N-dealkylation sites (N-methyl/N-ethyl adjacent to an activating group) is 2. The van der Waals surface area contributed by atoms with E-state index in [1.165, 1.54) is 0 Å². The maximum atomic E-state index is 13.8. The number of methoxy groups -OCH3 is 1. The molecule has 14 nitrogen and oxygen atoms in total. The average Bonchev–Trinajstić information content (AvgIpc) is 3.00. The molecular weight excluding hydrogens is 648 g/mol. The largest absolute Gasteiger partial charge is 0.387 e. The summed E-state index contributed by atoms with van der Waals surface area (Å²) in [6.45, 7) is 13.6. The molecule has 2 amide bonds. The molecule has 0 aromatic rings. The van der Waals surface area contributed by atoms with Crippen LogP contribution in [-0.2, 0) is 33.3 Å². The highest BCUT2D eigenvalue weighted by molar-refractivity contribution is 5.80. The molecule has 0 aromatic carbocycles. The minimum Gasteiger partial charge on any atom is -0.387 e. The van der Waals surface area contributed by atoms with Crippen molar-refractivity contribution in [2.75, 3.05) is 62.0 Å². The molecule has 4 N–H and O–H groups in total. The first-order valence-electron chi connectivity index (χ1n) is 18.2. The van der Waals surface area contributed by atoms with Crippen LogP contribution >= 0.6 is 0 Å². The molecule has 0 bridgehead atoms. The Labute approximate surface area is 300 Å². The number of hydrogen-bond acceptors (Lipinski definition) is 12.